The fourth-order valence-electron chi connectivity index (χ4n) is 3.35. The second-order valence-electron chi connectivity index (χ2n) is 6.74. The van der Waals surface area contributed by atoms with Crippen molar-refractivity contribution in [1.29, 1.82) is 5.26 Å². The van der Waals surface area contributed by atoms with Gasteiger partial charge in [0.05, 0.1) is 22.1 Å². The molecule has 2 heterocycles. The van der Waals surface area contributed by atoms with Crippen molar-refractivity contribution >= 4 is 39.9 Å². The second kappa shape index (κ2) is 8.37. The van der Waals surface area contributed by atoms with Crippen LogP contribution >= 0.6 is 11.8 Å². The summed E-state index contributed by atoms with van der Waals surface area (Å²) in [4.78, 5) is 17.4. The number of thioether (sulfide) groups is 1. The van der Waals surface area contributed by atoms with Crippen LogP contribution in [0, 0.1) is 21.4 Å². The minimum Gasteiger partial charge on any atom is -0.370 e. The van der Waals surface area contributed by atoms with E-state index < -0.39 is 4.92 Å². The molecule has 0 unspecified atom stereocenters. The zero-order chi connectivity index (χ0) is 20.2. The number of rotatable bonds is 5. The molecule has 7 nitrogen and oxygen atoms in total. The molecule has 4 rings (SSSR count). The van der Waals surface area contributed by atoms with E-state index in [0.717, 1.165) is 18.7 Å². The number of fused-ring (bicyclic) bond motifs is 1. The molecule has 1 aliphatic heterocycles. The summed E-state index contributed by atoms with van der Waals surface area (Å²) in [5.41, 5.74) is 3.22. The van der Waals surface area contributed by atoms with Crippen LogP contribution < -0.4 is 10.2 Å². The molecular formula is C21H19N5O2S. The third-order valence-electron chi connectivity index (χ3n) is 4.91. The number of aromatic nitrogens is 1. The molecule has 1 N–H and O–H groups in total. The van der Waals surface area contributed by atoms with Gasteiger partial charge in [0, 0.05) is 54.3 Å². The highest BCUT2D eigenvalue weighted by molar-refractivity contribution is 7.99. The van der Waals surface area contributed by atoms with Gasteiger partial charge in [-0.15, -0.1) is 0 Å². The molecular weight excluding hydrogens is 386 g/mol. The molecule has 1 aromatic heterocycles. The summed E-state index contributed by atoms with van der Waals surface area (Å²) in [5.74, 6) is 2.91. The molecule has 8 heteroatoms. The summed E-state index contributed by atoms with van der Waals surface area (Å²) >= 11 is 1.99. The Morgan fingerprint density at radius 2 is 1.93 bits per heavy atom. The number of nitrogens with zero attached hydrogens (tertiary/aromatic N) is 4. The molecule has 0 aliphatic carbocycles. The van der Waals surface area contributed by atoms with Crippen molar-refractivity contribution in [2.24, 2.45) is 0 Å². The number of nitro benzene ring substituents is 1. The van der Waals surface area contributed by atoms with E-state index in [0.29, 0.717) is 28.8 Å². The molecule has 0 bridgehead atoms. The van der Waals surface area contributed by atoms with E-state index >= 15 is 0 Å². The van der Waals surface area contributed by atoms with E-state index in [1.165, 1.54) is 29.3 Å². The van der Waals surface area contributed by atoms with Crippen LogP contribution in [0.5, 0.6) is 0 Å². The van der Waals surface area contributed by atoms with Crippen LogP contribution in [0.25, 0.3) is 10.9 Å². The minimum atomic E-state index is -0.473. The van der Waals surface area contributed by atoms with Crippen LogP contribution in [0.3, 0.4) is 0 Å². The van der Waals surface area contributed by atoms with Crippen molar-refractivity contribution in [3.8, 4) is 6.07 Å². The van der Waals surface area contributed by atoms with Crippen molar-refractivity contribution in [3.05, 3.63) is 69.8 Å². The second-order valence-corrected chi connectivity index (χ2v) is 7.97. The molecule has 0 radical (unpaired) electrons. The standard InChI is InChI=1S/C21H19N5O2S/c22-13-16-11-21(24-20-6-5-18(26(27)28)12-19(16)20)23-14-15-1-3-17(4-2-15)25-7-9-29-10-8-25/h1-6,11-12H,7-10,14H2,(H,23,24). The molecule has 1 saturated heterocycles. The molecule has 146 valence electrons. The van der Waals surface area contributed by atoms with Crippen LogP contribution in [-0.4, -0.2) is 34.5 Å². The van der Waals surface area contributed by atoms with Gasteiger partial charge in [0.25, 0.3) is 5.69 Å². The normalized spacial score (nSPS) is 13.8. The molecule has 1 fully saturated rings. The fourth-order valence-corrected chi connectivity index (χ4v) is 4.25. The average Bonchev–Trinajstić information content (AvgIpc) is 2.77. The maximum atomic E-state index is 11.0. The number of non-ortho nitro benzene ring substituents is 1. The lowest BCUT2D eigenvalue weighted by Gasteiger charge is -2.28. The first-order valence-corrected chi connectivity index (χ1v) is 10.4. The number of anilines is 2. The van der Waals surface area contributed by atoms with Gasteiger partial charge in [-0.05, 0) is 29.8 Å². The number of pyridine rings is 1. The van der Waals surface area contributed by atoms with Crippen LogP contribution in [0.4, 0.5) is 17.2 Å². The maximum absolute atomic E-state index is 11.0. The van der Waals surface area contributed by atoms with E-state index in [4.69, 9.17) is 0 Å². The molecule has 3 aromatic rings. The predicted molar refractivity (Wildman–Crippen MR) is 116 cm³/mol. The topological polar surface area (TPSA) is 95.1 Å². The lowest BCUT2D eigenvalue weighted by Crippen LogP contribution is -2.32. The Morgan fingerprint density at radius 3 is 2.62 bits per heavy atom. The third-order valence-corrected chi connectivity index (χ3v) is 5.85. The zero-order valence-electron chi connectivity index (χ0n) is 15.7. The number of benzene rings is 2. The van der Waals surface area contributed by atoms with Gasteiger partial charge in [0.2, 0.25) is 0 Å². The van der Waals surface area contributed by atoms with Gasteiger partial charge >= 0.3 is 0 Å². The van der Waals surface area contributed by atoms with Gasteiger partial charge in [-0.2, -0.15) is 17.0 Å². The summed E-state index contributed by atoms with van der Waals surface area (Å²) < 4.78 is 0. The third kappa shape index (κ3) is 4.25. The van der Waals surface area contributed by atoms with Crippen molar-refractivity contribution < 1.29 is 4.92 Å². The van der Waals surface area contributed by atoms with Crippen molar-refractivity contribution in [1.82, 2.24) is 4.98 Å². The average molecular weight is 405 g/mol. The van der Waals surface area contributed by atoms with Gasteiger partial charge in [-0.1, -0.05) is 12.1 Å². The number of nitro groups is 1. The highest BCUT2D eigenvalue weighted by Crippen LogP contribution is 2.25. The van der Waals surface area contributed by atoms with Gasteiger partial charge in [-0.3, -0.25) is 10.1 Å². The number of hydrogen-bond acceptors (Lipinski definition) is 7. The Balaban J connectivity index is 1.50. The Labute approximate surface area is 172 Å². The zero-order valence-corrected chi connectivity index (χ0v) is 16.5. The number of hydrogen-bond donors (Lipinski definition) is 1. The molecule has 2 aromatic carbocycles. The largest absolute Gasteiger partial charge is 0.370 e. The monoisotopic (exact) mass is 405 g/mol. The van der Waals surface area contributed by atoms with Crippen molar-refractivity contribution in [2.75, 3.05) is 34.8 Å². The van der Waals surface area contributed by atoms with E-state index in [2.05, 4.69) is 45.5 Å². The molecule has 0 saturated carbocycles. The quantitative estimate of drug-likeness (QED) is 0.502. The number of nitriles is 1. The fraction of sp³-hybridized carbons (Fsp3) is 0.238. The first kappa shape index (κ1) is 19.0. The van der Waals surface area contributed by atoms with Crippen LogP contribution in [0.1, 0.15) is 11.1 Å². The van der Waals surface area contributed by atoms with Gasteiger partial charge < -0.3 is 10.2 Å². The van der Waals surface area contributed by atoms with E-state index in [1.54, 1.807) is 12.1 Å². The molecule has 0 atom stereocenters. The molecule has 1 aliphatic rings. The SMILES string of the molecule is N#Cc1cc(NCc2ccc(N3CCSCC3)cc2)nc2ccc([N+](=O)[O-])cc12. The smallest absolute Gasteiger partial charge is 0.270 e. The lowest BCUT2D eigenvalue weighted by molar-refractivity contribution is -0.384. The van der Waals surface area contributed by atoms with Crippen LogP contribution in [-0.2, 0) is 6.54 Å². The van der Waals surface area contributed by atoms with Gasteiger partial charge in [0.15, 0.2) is 0 Å². The molecule has 0 amide bonds. The van der Waals surface area contributed by atoms with Gasteiger partial charge in [-0.25, -0.2) is 4.98 Å². The Morgan fingerprint density at radius 1 is 1.17 bits per heavy atom. The first-order valence-electron chi connectivity index (χ1n) is 9.29. The Kier molecular flexibility index (Phi) is 5.49. The molecule has 29 heavy (non-hydrogen) atoms. The van der Waals surface area contributed by atoms with Gasteiger partial charge in [0.1, 0.15) is 5.82 Å². The summed E-state index contributed by atoms with van der Waals surface area (Å²) in [6, 6.07) is 16.6. The van der Waals surface area contributed by atoms with Crippen molar-refractivity contribution in [2.45, 2.75) is 6.54 Å². The highest BCUT2D eigenvalue weighted by Gasteiger charge is 2.13. The lowest BCUT2D eigenvalue weighted by atomic mass is 10.1. The Bertz CT molecular complexity index is 1090. The van der Waals surface area contributed by atoms with Crippen molar-refractivity contribution in [3.63, 3.8) is 0 Å². The van der Waals surface area contributed by atoms with E-state index in [1.807, 2.05) is 11.8 Å². The Hall–Kier alpha value is -3.31. The highest BCUT2D eigenvalue weighted by atomic mass is 32.2. The number of nitrogens with one attached hydrogen (secondary N) is 1. The first-order chi connectivity index (χ1) is 14.1. The summed E-state index contributed by atoms with van der Waals surface area (Å²) in [5, 5.41) is 24.2. The van der Waals surface area contributed by atoms with E-state index in [9.17, 15) is 15.4 Å². The summed E-state index contributed by atoms with van der Waals surface area (Å²) in [7, 11) is 0. The van der Waals surface area contributed by atoms with Crippen LogP contribution in [0.15, 0.2) is 48.5 Å². The predicted octanol–water partition coefficient (Wildman–Crippen LogP) is 4.18. The molecule has 0 spiro atoms. The summed E-state index contributed by atoms with van der Waals surface area (Å²) in [6.45, 7) is 2.74. The van der Waals surface area contributed by atoms with Crippen LogP contribution in [0.2, 0.25) is 0 Å². The maximum Gasteiger partial charge on any atom is 0.270 e. The summed E-state index contributed by atoms with van der Waals surface area (Å²) in [6.07, 6.45) is 0. The minimum absolute atomic E-state index is 0.0519. The van der Waals surface area contributed by atoms with E-state index in [-0.39, 0.29) is 5.69 Å².